The van der Waals surface area contributed by atoms with Crippen LogP contribution >= 0.6 is 0 Å². The number of ether oxygens (including phenoxy) is 1. The lowest BCUT2D eigenvalue weighted by Crippen LogP contribution is -2.48. The maximum atomic E-state index is 12.9. The summed E-state index contributed by atoms with van der Waals surface area (Å²) in [5.41, 5.74) is 1.81. The van der Waals surface area contributed by atoms with Crippen LogP contribution in [0.3, 0.4) is 0 Å². The Morgan fingerprint density at radius 1 is 0.900 bits per heavy atom. The van der Waals surface area contributed by atoms with Crippen molar-refractivity contribution >= 4 is 12.0 Å². The molecular weight excluding hydrogens is 380 g/mol. The minimum absolute atomic E-state index is 0.133. The van der Waals surface area contributed by atoms with Gasteiger partial charge in [0.1, 0.15) is 24.2 Å². The van der Waals surface area contributed by atoms with Gasteiger partial charge in [-0.15, -0.1) is 0 Å². The van der Waals surface area contributed by atoms with Crippen LogP contribution in [0.25, 0.3) is 0 Å². The molecule has 0 aliphatic rings. The molecule has 0 bridgehead atoms. The number of carbonyl (C=O) groups excluding carboxylic acids is 2. The number of hydrogen-bond donors (Lipinski definition) is 2. The summed E-state index contributed by atoms with van der Waals surface area (Å²) in [7, 11) is 0. The minimum Gasteiger partial charge on any atom is -0.464 e. The molecule has 6 nitrogen and oxygen atoms in total. The van der Waals surface area contributed by atoms with Gasteiger partial charge in [-0.1, -0.05) is 60.7 Å². The molecule has 1 heterocycles. The number of nitrogens with one attached hydrogen (secondary N) is 2. The van der Waals surface area contributed by atoms with Gasteiger partial charge in [-0.25, -0.2) is 4.79 Å². The van der Waals surface area contributed by atoms with Gasteiger partial charge < -0.3 is 19.8 Å². The third-order valence-corrected chi connectivity index (χ3v) is 4.65. The second-order valence-corrected chi connectivity index (χ2v) is 7.13. The van der Waals surface area contributed by atoms with E-state index in [1.165, 1.54) is 0 Å². The highest BCUT2D eigenvalue weighted by Gasteiger charge is 2.24. The number of hydrogen-bond acceptors (Lipinski definition) is 4. The maximum Gasteiger partial charge on any atom is 0.408 e. The van der Waals surface area contributed by atoms with Gasteiger partial charge in [0, 0.05) is 6.42 Å². The van der Waals surface area contributed by atoms with Gasteiger partial charge >= 0.3 is 6.09 Å². The summed E-state index contributed by atoms with van der Waals surface area (Å²) in [5.74, 6) is 1.12. The van der Waals surface area contributed by atoms with Crippen LogP contribution in [0.4, 0.5) is 4.79 Å². The molecule has 1 unspecified atom stereocenters. The van der Waals surface area contributed by atoms with Gasteiger partial charge in [-0.05, 0) is 37.1 Å². The first kappa shape index (κ1) is 21.2. The zero-order valence-corrected chi connectivity index (χ0v) is 17.1. The molecular formula is C24H26N2O4. The lowest BCUT2D eigenvalue weighted by molar-refractivity contribution is -0.123. The lowest BCUT2D eigenvalue weighted by atomic mass is 10.0. The van der Waals surface area contributed by atoms with E-state index >= 15 is 0 Å². The molecule has 3 aromatic rings. The van der Waals surface area contributed by atoms with Gasteiger partial charge in [0.15, 0.2) is 0 Å². The van der Waals surface area contributed by atoms with Crippen LogP contribution in [0.1, 0.15) is 35.6 Å². The molecule has 0 aliphatic heterocycles. The van der Waals surface area contributed by atoms with Crippen LogP contribution in [0, 0.1) is 6.92 Å². The van der Waals surface area contributed by atoms with Crippen molar-refractivity contribution in [2.24, 2.45) is 0 Å². The first-order chi connectivity index (χ1) is 14.5. The van der Waals surface area contributed by atoms with Crippen molar-refractivity contribution in [1.82, 2.24) is 10.6 Å². The Bertz CT molecular complexity index is 954. The van der Waals surface area contributed by atoms with Crippen LogP contribution in [0.5, 0.6) is 0 Å². The Labute approximate surface area is 176 Å². The second-order valence-electron chi connectivity index (χ2n) is 7.13. The summed E-state index contributed by atoms with van der Waals surface area (Å²) < 4.78 is 10.9. The molecule has 0 radical (unpaired) electrons. The summed E-state index contributed by atoms with van der Waals surface area (Å²) >= 11 is 0. The molecule has 6 heteroatoms. The van der Waals surface area contributed by atoms with E-state index in [4.69, 9.17) is 9.15 Å². The molecule has 0 fully saturated rings. The van der Waals surface area contributed by atoms with E-state index in [2.05, 4.69) is 10.6 Å². The number of carbonyl (C=O) groups is 2. The van der Waals surface area contributed by atoms with Crippen molar-refractivity contribution in [3.05, 3.63) is 95.4 Å². The number of alkyl carbamates (subject to hydrolysis) is 1. The molecule has 3 rings (SSSR count). The zero-order valence-electron chi connectivity index (χ0n) is 17.1. The van der Waals surface area contributed by atoms with E-state index in [1.54, 1.807) is 0 Å². The van der Waals surface area contributed by atoms with Crippen molar-refractivity contribution < 1.29 is 18.7 Å². The van der Waals surface area contributed by atoms with Gasteiger partial charge in [-0.2, -0.15) is 0 Å². The fourth-order valence-electron chi connectivity index (χ4n) is 3.04. The van der Waals surface area contributed by atoms with E-state index in [9.17, 15) is 9.59 Å². The second kappa shape index (κ2) is 10.3. The average molecular weight is 406 g/mol. The molecule has 0 saturated heterocycles. The minimum atomic E-state index is -0.783. The van der Waals surface area contributed by atoms with Crippen molar-refractivity contribution in [2.45, 2.75) is 39.0 Å². The third-order valence-electron chi connectivity index (χ3n) is 4.65. The number of benzene rings is 2. The summed E-state index contributed by atoms with van der Waals surface area (Å²) in [4.78, 5) is 25.3. The maximum absolute atomic E-state index is 12.9. The molecule has 0 saturated carbocycles. The normalized spacial score (nSPS) is 12.6. The lowest BCUT2D eigenvalue weighted by Gasteiger charge is -2.20. The highest BCUT2D eigenvalue weighted by Crippen LogP contribution is 2.16. The Balaban J connectivity index is 1.64. The van der Waals surface area contributed by atoms with Crippen LogP contribution < -0.4 is 10.6 Å². The van der Waals surface area contributed by atoms with Crippen molar-refractivity contribution in [3.63, 3.8) is 0 Å². The first-order valence-electron chi connectivity index (χ1n) is 9.89. The molecule has 2 atom stereocenters. The monoisotopic (exact) mass is 406 g/mol. The Morgan fingerprint density at radius 3 is 2.13 bits per heavy atom. The Morgan fingerprint density at radius 2 is 1.53 bits per heavy atom. The van der Waals surface area contributed by atoms with Crippen LogP contribution in [0.2, 0.25) is 0 Å². The van der Waals surface area contributed by atoms with Crippen LogP contribution in [-0.2, 0) is 22.6 Å². The van der Waals surface area contributed by atoms with Gasteiger partial charge in [0.25, 0.3) is 0 Å². The molecule has 2 amide bonds. The molecule has 1 aromatic heterocycles. The first-order valence-corrected chi connectivity index (χ1v) is 9.89. The molecule has 0 spiro atoms. The summed E-state index contributed by atoms with van der Waals surface area (Å²) in [6.07, 6.45) is -0.298. The SMILES string of the molecule is Cc1ccc(C(C)NC(=O)[C@H](Cc2ccccc2)NC(=O)OCc2ccccc2)o1. The number of aryl methyl sites for hydroxylation is 1. The number of rotatable bonds is 8. The standard InChI is InChI=1S/C24H26N2O4/c1-17-13-14-22(30-17)18(2)25-23(27)21(15-19-9-5-3-6-10-19)26-24(28)29-16-20-11-7-4-8-12-20/h3-14,18,21H,15-16H2,1-2H3,(H,25,27)(H,26,28)/t18?,21-/m0/s1. The predicted octanol–water partition coefficient (Wildman–Crippen LogP) is 4.30. The van der Waals surface area contributed by atoms with Gasteiger partial charge in [0.2, 0.25) is 5.91 Å². The highest BCUT2D eigenvalue weighted by molar-refractivity contribution is 5.86. The van der Waals surface area contributed by atoms with Crippen molar-refractivity contribution in [3.8, 4) is 0 Å². The fraction of sp³-hybridized carbons (Fsp3) is 0.250. The van der Waals surface area contributed by atoms with E-state index in [0.29, 0.717) is 12.2 Å². The summed E-state index contributed by atoms with van der Waals surface area (Å²) in [5, 5.41) is 5.60. The largest absolute Gasteiger partial charge is 0.464 e. The van der Waals surface area contributed by atoms with Gasteiger partial charge in [-0.3, -0.25) is 4.79 Å². The van der Waals surface area contributed by atoms with E-state index in [1.807, 2.05) is 86.6 Å². The topological polar surface area (TPSA) is 80.6 Å². The number of amides is 2. The van der Waals surface area contributed by atoms with Crippen LogP contribution in [-0.4, -0.2) is 18.0 Å². The number of furan rings is 1. The van der Waals surface area contributed by atoms with Crippen LogP contribution in [0.15, 0.2) is 77.2 Å². The zero-order chi connectivity index (χ0) is 21.3. The average Bonchev–Trinajstić information content (AvgIpc) is 3.20. The van der Waals surface area contributed by atoms with E-state index in [0.717, 1.165) is 16.9 Å². The Kier molecular flexibility index (Phi) is 7.27. The third kappa shape index (κ3) is 6.24. The quantitative estimate of drug-likeness (QED) is 0.584. The van der Waals surface area contributed by atoms with Crippen molar-refractivity contribution in [1.29, 1.82) is 0 Å². The molecule has 156 valence electrons. The highest BCUT2D eigenvalue weighted by atomic mass is 16.5. The molecule has 30 heavy (non-hydrogen) atoms. The summed E-state index contributed by atoms with van der Waals surface area (Å²) in [6.45, 7) is 3.82. The Hall–Kier alpha value is -3.54. The summed E-state index contributed by atoms with van der Waals surface area (Å²) in [6, 6.07) is 21.5. The van der Waals surface area contributed by atoms with Crippen molar-refractivity contribution in [2.75, 3.05) is 0 Å². The molecule has 0 aliphatic carbocycles. The van der Waals surface area contributed by atoms with E-state index < -0.39 is 12.1 Å². The van der Waals surface area contributed by atoms with Gasteiger partial charge in [0.05, 0.1) is 6.04 Å². The predicted molar refractivity (Wildman–Crippen MR) is 114 cm³/mol. The van der Waals surface area contributed by atoms with E-state index in [-0.39, 0.29) is 18.6 Å². The molecule has 2 aromatic carbocycles. The smallest absolute Gasteiger partial charge is 0.408 e. The fourth-order valence-corrected chi connectivity index (χ4v) is 3.04. The molecule has 2 N–H and O–H groups in total.